The van der Waals surface area contributed by atoms with Crippen LogP contribution < -0.4 is 10.3 Å². The second-order valence-corrected chi connectivity index (χ2v) is 10.0. The number of benzene rings is 3. The first-order valence-electron chi connectivity index (χ1n) is 11.5. The van der Waals surface area contributed by atoms with E-state index in [2.05, 4.69) is 22.0 Å². The van der Waals surface area contributed by atoms with Gasteiger partial charge in [-0.15, -0.1) is 5.10 Å². The van der Waals surface area contributed by atoms with Crippen molar-refractivity contribution in [1.29, 1.82) is 0 Å². The third-order valence-corrected chi connectivity index (χ3v) is 7.21. The number of anilines is 1. The number of fused-ring (bicyclic) bond motifs is 1. The Morgan fingerprint density at radius 1 is 1.06 bits per heavy atom. The molecule has 0 unspecified atom stereocenters. The number of nitrogens with zero attached hydrogens (tertiary/aromatic N) is 3. The summed E-state index contributed by atoms with van der Waals surface area (Å²) in [6, 6.07) is 18.2. The molecule has 9 nitrogen and oxygen atoms in total. The molecule has 4 aromatic rings. The van der Waals surface area contributed by atoms with E-state index in [0.717, 1.165) is 29.5 Å². The summed E-state index contributed by atoms with van der Waals surface area (Å²) in [6.45, 7) is 3.29. The Bertz CT molecular complexity index is 1560. The minimum atomic E-state index is -3.96. The van der Waals surface area contributed by atoms with Gasteiger partial charge in [-0.05, 0) is 67.3 Å². The van der Waals surface area contributed by atoms with E-state index in [1.165, 1.54) is 18.2 Å². The summed E-state index contributed by atoms with van der Waals surface area (Å²) in [7, 11) is -3.96. The van der Waals surface area contributed by atoms with Gasteiger partial charge in [-0.2, -0.15) is 4.68 Å². The second-order valence-electron chi connectivity index (χ2n) is 8.36. The predicted octanol–water partition coefficient (Wildman–Crippen LogP) is 4.06. The fourth-order valence-corrected chi connectivity index (χ4v) is 4.99. The number of rotatable bonds is 9. The number of hydrogen-bond acceptors (Lipinski definition) is 7. The van der Waals surface area contributed by atoms with E-state index in [-0.39, 0.29) is 10.5 Å². The van der Waals surface area contributed by atoms with Crippen LogP contribution in [0.4, 0.5) is 5.69 Å². The number of ether oxygens (including phenoxy) is 1. The van der Waals surface area contributed by atoms with Gasteiger partial charge in [0.15, 0.2) is 6.73 Å². The third-order valence-electron chi connectivity index (χ3n) is 5.69. The van der Waals surface area contributed by atoms with Crippen molar-refractivity contribution in [3.63, 3.8) is 0 Å². The summed E-state index contributed by atoms with van der Waals surface area (Å²) < 4.78 is 34.9. The molecule has 0 aliphatic rings. The molecule has 4 rings (SSSR count). The normalized spacial score (nSPS) is 11.4. The van der Waals surface area contributed by atoms with Gasteiger partial charge in [-0.3, -0.25) is 9.52 Å². The highest BCUT2D eigenvalue weighted by atomic mass is 32.2. The lowest BCUT2D eigenvalue weighted by Gasteiger charge is -2.13. The first kappa shape index (κ1) is 25.1. The van der Waals surface area contributed by atoms with Crippen molar-refractivity contribution in [2.75, 3.05) is 4.72 Å². The smallest absolute Gasteiger partial charge is 0.339 e. The fourth-order valence-electron chi connectivity index (χ4n) is 3.66. The van der Waals surface area contributed by atoms with E-state index in [1.54, 1.807) is 43.3 Å². The molecule has 3 aromatic carbocycles. The van der Waals surface area contributed by atoms with Crippen LogP contribution in [0, 0.1) is 6.92 Å². The maximum Gasteiger partial charge on any atom is 0.339 e. The number of aromatic nitrogens is 3. The van der Waals surface area contributed by atoms with Crippen LogP contribution in [0.25, 0.3) is 10.9 Å². The van der Waals surface area contributed by atoms with E-state index in [4.69, 9.17) is 4.74 Å². The monoisotopic (exact) mass is 506 g/mol. The summed E-state index contributed by atoms with van der Waals surface area (Å²) in [6.07, 6.45) is 3.08. The average molecular weight is 507 g/mol. The van der Waals surface area contributed by atoms with Crippen molar-refractivity contribution in [2.24, 2.45) is 0 Å². The number of unbranched alkanes of at least 4 members (excludes halogenated alkanes) is 1. The zero-order valence-electron chi connectivity index (χ0n) is 20.0. The molecule has 1 N–H and O–H groups in total. The summed E-state index contributed by atoms with van der Waals surface area (Å²) in [5, 5.41) is 8.07. The second kappa shape index (κ2) is 10.7. The zero-order valence-corrected chi connectivity index (χ0v) is 20.8. The molecule has 186 valence electrons. The number of hydrogen-bond donors (Lipinski definition) is 1. The largest absolute Gasteiger partial charge is 0.439 e. The van der Waals surface area contributed by atoms with Crippen LogP contribution in [0.5, 0.6) is 0 Å². The van der Waals surface area contributed by atoms with Gasteiger partial charge in [-0.25, -0.2) is 13.2 Å². The molecular formula is C26H26N4O5S. The average Bonchev–Trinajstić information content (AvgIpc) is 2.88. The standard InChI is InChI=1S/C26H26N4O5S/c1-3-4-7-19-11-14-21(15-12-19)28-36(33,34)24-16-20(13-10-18(24)2)26(32)35-17-30-25(31)22-8-5-6-9-23(22)27-29-30/h5-6,8-16,28H,3-4,7,17H2,1-2H3. The van der Waals surface area contributed by atoms with Gasteiger partial charge in [0.1, 0.15) is 5.52 Å². The van der Waals surface area contributed by atoms with Crippen LogP contribution in [0.3, 0.4) is 0 Å². The Labute approximate surface area is 208 Å². The van der Waals surface area contributed by atoms with Crippen molar-refractivity contribution in [3.8, 4) is 0 Å². The molecule has 0 spiro atoms. The van der Waals surface area contributed by atoms with Crippen LogP contribution in [-0.4, -0.2) is 29.4 Å². The Balaban J connectivity index is 1.49. The van der Waals surface area contributed by atoms with Crippen LogP contribution in [0.15, 0.2) is 76.4 Å². The highest BCUT2D eigenvalue weighted by Gasteiger charge is 2.20. The number of aryl methyl sites for hydroxylation is 2. The molecule has 1 aromatic heterocycles. The SMILES string of the molecule is CCCCc1ccc(NS(=O)(=O)c2cc(C(=O)OCn3nnc4ccccc4c3=O)ccc2C)cc1. The van der Waals surface area contributed by atoms with Crippen molar-refractivity contribution in [1.82, 2.24) is 15.0 Å². The number of nitrogens with one attached hydrogen (secondary N) is 1. The van der Waals surface area contributed by atoms with E-state index in [1.807, 2.05) is 12.1 Å². The van der Waals surface area contributed by atoms with Gasteiger partial charge in [0, 0.05) is 5.69 Å². The lowest BCUT2D eigenvalue weighted by molar-refractivity contribution is 0.0336. The molecule has 10 heteroatoms. The third kappa shape index (κ3) is 5.60. The maximum absolute atomic E-state index is 13.1. The number of carbonyl (C=O) groups excluding carboxylic acids is 1. The Morgan fingerprint density at radius 2 is 1.81 bits per heavy atom. The van der Waals surface area contributed by atoms with Gasteiger partial charge in [0.2, 0.25) is 0 Å². The van der Waals surface area contributed by atoms with Crippen LogP contribution >= 0.6 is 0 Å². The molecule has 0 fully saturated rings. The first-order valence-corrected chi connectivity index (χ1v) is 13.0. The van der Waals surface area contributed by atoms with Crippen LogP contribution in [-0.2, 0) is 27.9 Å². The zero-order chi connectivity index (χ0) is 25.7. The Hall–Kier alpha value is -4.05. The van der Waals surface area contributed by atoms with Crippen molar-refractivity contribution >= 4 is 32.6 Å². The molecule has 0 atom stereocenters. The molecule has 0 bridgehead atoms. The molecule has 0 radical (unpaired) electrons. The Kier molecular flexibility index (Phi) is 7.44. The molecule has 0 saturated heterocycles. The summed E-state index contributed by atoms with van der Waals surface area (Å²) in [4.78, 5) is 25.2. The van der Waals surface area contributed by atoms with Gasteiger partial charge < -0.3 is 4.74 Å². The summed E-state index contributed by atoms with van der Waals surface area (Å²) >= 11 is 0. The van der Waals surface area contributed by atoms with E-state index in [0.29, 0.717) is 22.2 Å². The van der Waals surface area contributed by atoms with Gasteiger partial charge in [0.25, 0.3) is 15.6 Å². The highest BCUT2D eigenvalue weighted by Crippen LogP contribution is 2.22. The van der Waals surface area contributed by atoms with Crippen molar-refractivity contribution < 1.29 is 17.9 Å². The highest BCUT2D eigenvalue weighted by molar-refractivity contribution is 7.92. The molecule has 36 heavy (non-hydrogen) atoms. The molecular weight excluding hydrogens is 480 g/mol. The van der Waals surface area contributed by atoms with Crippen LogP contribution in [0.2, 0.25) is 0 Å². The summed E-state index contributed by atoms with van der Waals surface area (Å²) in [5.74, 6) is -0.798. The topological polar surface area (TPSA) is 120 Å². The molecule has 0 saturated carbocycles. The minimum absolute atomic E-state index is 0.0256. The van der Waals surface area contributed by atoms with Gasteiger partial charge in [0.05, 0.1) is 15.8 Å². The van der Waals surface area contributed by atoms with E-state index >= 15 is 0 Å². The summed E-state index contributed by atoms with van der Waals surface area (Å²) in [5.41, 5.74) is 2.03. The lowest BCUT2D eigenvalue weighted by atomic mass is 10.1. The molecule has 0 amide bonds. The molecule has 0 aliphatic carbocycles. The van der Waals surface area contributed by atoms with Crippen molar-refractivity contribution in [2.45, 2.75) is 44.7 Å². The lowest BCUT2D eigenvalue weighted by Crippen LogP contribution is -2.26. The molecule has 0 aliphatic heterocycles. The predicted molar refractivity (Wildman–Crippen MR) is 136 cm³/mol. The quantitative estimate of drug-likeness (QED) is 0.340. The minimum Gasteiger partial charge on any atom is -0.439 e. The van der Waals surface area contributed by atoms with Gasteiger partial charge in [-0.1, -0.05) is 48.9 Å². The maximum atomic E-state index is 13.1. The number of sulfonamides is 1. The fraction of sp³-hybridized carbons (Fsp3) is 0.231. The molecule has 1 heterocycles. The first-order chi connectivity index (χ1) is 17.3. The number of carbonyl (C=O) groups is 1. The van der Waals surface area contributed by atoms with Gasteiger partial charge >= 0.3 is 5.97 Å². The van der Waals surface area contributed by atoms with E-state index < -0.39 is 28.3 Å². The Morgan fingerprint density at radius 3 is 2.56 bits per heavy atom. The number of esters is 1. The van der Waals surface area contributed by atoms with E-state index in [9.17, 15) is 18.0 Å². The van der Waals surface area contributed by atoms with Crippen LogP contribution in [0.1, 0.15) is 41.3 Å². The van der Waals surface area contributed by atoms with Crippen molar-refractivity contribution in [3.05, 3.63) is 93.8 Å².